The van der Waals surface area contributed by atoms with Crippen LogP contribution in [0.1, 0.15) is 71.1 Å². The summed E-state index contributed by atoms with van der Waals surface area (Å²) in [4.78, 5) is 12.7. The number of halogens is 5. The van der Waals surface area contributed by atoms with Gasteiger partial charge < -0.3 is 9.47 Å². The van der Waals surface area contributed by atoms with Gasteiger partial charge in [0.05, 0.1) is 5.92 Å². The van der Waals surface area contributed by atoms with E-state index in [0.717, 1.165) is 49.7 Å². The summed E-state index contributed by atoms with van der Waals surface area (Å²) in [5.41, 5.74) is 0. The zero-order chi connectivity index (χ0) is 25.2. The van der Waals surface area contributed by atoms with E-state index in [0.29, 0.717) is 5.92 Å². The summed E-state index contributed by atoms with van der Waals surface area (Å²) < 4.78 is 74.8. The fourth-order valence-corrected chi connectivity index (χ4v) is 5.94. The lowest BCUT2D eigenvalue weighted by Crippen LogP contribution is -2.30. The lowest BCUT2D eigenvalue weighted by atomic mass is 9.69. The van der Waals surface area contributed by atoms with Crippen LogP contribution in [0, 0.1) is 35.3 Å². The number of hydrogen-bond donors (Lipinski definition) is 0. The molecule has 2 aliphatic carbocycles. The average molecular weight is 499 g/mol. The standard InChI is InChI=1S/C27H31F5O3/c1-2-3-16-4-6-17(7-5-16)18-8-10-19(11-9-18)26(33)34-21-12-13-22-20(14-21)15-23(28)25(24(22)29)35-27(30,31)32/h12-19H,2-11H2,1H3. The highest BCUT2D eigenvalue weighted by Crippen LogP contribution is 2.42. The maximum absolute atomic E-state index is 14.4. The molecule has 2 aliphatic rings. The largest absolute Gasteiger partial charge is 0.573 e. The molecule has 0 aromatic heterocycles. The van der Waals surface area contributed by atoms with Gasteiger partial charge in [-0.05, 0) is 85.9 Å². The highest BCUT2D eigenvalue weighted by molar-refractivity contribution is 5.87. The van der Waals surface area contributed by atoms with Gasteiger partial charge in [0.25, 0.3) is 0 Å². The zero-order valence-corrected chi connectivity index (χ0v) is 19.8. The monoisotopic (exact) mass is 498 g/mol. The van der Waals surface area contributed by atoms with E-state index in [2.05, 4.69) is 11.7 Å². The topological polar surface area (TPSA) is 35.5 Å². The number of carbonyl (C=O) groups is 1. The molecular formula is C27H31F5O3. The molecule has 0 atom stereocenters. The van der Waals surface area contributed by atoms with E-state index < -0.39 is 23.7 Å². The van der Waals surface area contributed by atoms with Crippen LogP contribution in [0.4, 0.5) is 22.0 Å². The highest BCUT2D eigenvalue weighted by Gasteiger charge is 2.35. The van der Waals surface area contributed by atoms with E-state index >= 15 is 0 Å². The number of fused-ring (bicyclic) bond motifs is 1. The van der Waals surface area contributed by atoms with Crippen molar-refractivity contribution in [2.24, 2.45) is 23.7 Å². The van der Waals surface area contributed by atoms with Crippen LogP contribution >= 0.6 is 0 Å². The molecule has 3 nitrogen and oxygen atoms in total. The fraction of sp³-hybridized carbons (Fsp3) is 0.593. The zero-order valence-electron chi connectivity index (χ0n) is 19.8. The fourth-order valence-electron chi connectivity index (χ4n) is 5.94. The molecule has 0 N–H and O–H groups in total. The van der Waals surface area contributed by atoms with Gasteiger partial charge in [-0.15, -0.1) is 13.2 Å². The summed E-state index contributed by atoms with van der Waals surface area (Å²) in [6.07, 6.45) is 6.05. The van der Waals surface area contributed by atoms with E-state index in [-0.39, 0.29) is 28.4 Å². The Kier molecular flexibility index (Phi) is 7.86. The Morgan fingerprint density at radius 2 is 1.57 bits per heavy atom. The Morgan fingerprint density at radius 1 is 0.943 bits per heavy atom. The number of ether oxygens (including phenoxy) is 2. The van der Waals surface area contributed by atoms with E-state index in [1.165, 1.54) is 50.7 Å². The molecule has 0 spiro atoms. The lowest BCUT2D eigenvalue weighted by molar-refractivity contribution is -0.276. The molecule has 0 radical (unpaired) electrons. The Labute approximate surface area is 202 Å². The maximum Gasteiger partial charge on any atom is 0.573 e. The molecule has 0 amide bonds. The Morgan fingerprint density at radius 3 is 2.17 bits per heavy atom. The first-order valence-corrected chi connectivity index (χ1v) is 12.5. The van der Waals surface area contributed by atoms with E-state index in [4.69, 9.17) is 4.74 Å². The molecule has 0 unspecified atom stereocenters. The first kappa shape index (κ1) is 25.7. The predicted octanol–water partition coefficient (Wildman–Crippen LogP) is 8.33. The van der Waals surface area contributed by atoms with E-state index in [1.54, 1.807) is 0 Å². The number of esters is 1. The second-order valence-electron chi connectivity index (χ2n) is 10.0. The van der Waals surface area contributed by atoms with Crippen molar-refractivity contribution in [1.82, 2.24) is 0 Å². The number of carbonyl (C=O) groups excluding carboxylic acids is 1. The SMILES string of the molecule is CCCC1CCC(C2CCC(C(=O)Oc3ccc4c(F)c(OC(F)(F)F)c(F)cc4c3)CC2)CC1. The summed E-state index contributed by atoms with van der Waals surface area (Å²) in [5, 5.41) is -0.290. The van der Waals surface area contributed by atoms with E-state index in [9.17, 15) is 26.7 Å². The van der Waals surface area contributed by atoms with Crippen molar-refractivity contribution < 1.29 is 36.2 Å². The Hall–Kier alpha value is -2.38. The number of benzene rings is 2. The molecule has 0 heterocycles. The summed E-state index contributed by atoms with van der Waals surface area (Å²) in [5.74, 6) is -2.70. The van der Waals surface area contributed by atoms with Crippen molar-refractivity contribution in [3.63, 3.8) is 0 Å². The molecule has 4 rings (SSSR count). The third-order valence-electron chi connectivity index (χ3n) is 7.75. The lowest BCUT2D eigenvalue weighted by Gasteiger charge is -2.37. The first-order chi connectivity index (χ1) is 16.6. The molecule has 0 aliphatic heterocycles. The minimum absolute atomic E-state index is 0.0257. The van der Waals surface area contributed by atoms with Gasteiger partial charge in [-0.1, -0.05) is 32.6 Å². The molecule has 0 bridgehead atoms. The molecule has 0 saturated heterocycles. The molecule has 2 fully saturated rings. The summed E-state index contributed by atoms with van der Waals surface area (Å²) in [6.45, 7) is 2.24. The Bertz CT molecular complexity index is 1040. The molecule has 35 heavy (non-hydrogen) atoms. The van der Waals surface area contributed by atoms with Crippen LogP contribution in [-0.4, -0.2) is 12.3 Å². The summed E-state index contributed by atoms with van der Waals surface area (Å²) in [6, 6.07) is 4.43. The third kappa shape index (κ3) is 6.25. The van der Waals surface area contributed by atoms with Crippen LogP contribution in [0.3, 0.4) is 0 Å². The molecule has 2 aromatic carbocycles. The van der Waals surface area contributed by atoms with Crippen molar-refractivity contribution in [3.05, 3.63) is 35.9 Å². The van der Waals surface area contributed by atoms with Crippen molar-refractivity contribution in [2.45, 2.75) is 77.5 Å². The van der Waals surface area contributed by atoms with Crippen LogP contribution in [0.2, 0.25) is 0 Å². The van der Waals surface area contributed by atoms with Gasteiger partial charge in [0.15, 0.2) is 11.6 Å². The second-order valence-corrected chi connectivity index (χ2v) is 10.0. The molecule has 192 valence electrons. The van der Waals surface area contributed by atoms with Gasteiger partial charge in [0.1, 0.15) is 5.75 Å². The number of hydrogen-bond acceptors (Lipinski definition) is 3. The molecule has 2 aromatic rings. The third-order valence-corrected chi connectivity index (χ3v) is 7.75. The smallest absolute Gasteiger partial charge is 0.426 e. The van der Waals surface area contributed by atoms with Gasteiger partial charge in [0, 0.05) is 5.39 Å². The highest BCUT2D eigenvalue weighted by atomic mass is 19.4. The van der Waals surface area contributed by atoms with Gasteiger partial charge in [-0.25, -0.2) is 8.78 Å². The molecular weight excluding hydrogens is 467 g/mol. The van der Waals surface area contributed by atoms with Gasteiger partial charge >= 0.3 is 12.3 Å². The predicted molar refractivity (Wildman–Crippen MR) is 122 cm³/mol. The minimum atomic E-state index is -5.22. The van der Waals surface area contributed by atoms with Gasteiger partial charge in [0.2, 0.25) is 5.75 Å². The maximum atomic E-state index is 14.4. The average Bonchev–Trinajstić information content (AvgIpc) is 2.82. The van der Waals surface area contributed by atoms with Crippen molar-refractivity contribution >= 4 is 16.7 Å². The van der Waals surface area contributed by atoms with Crippen molar-refractivity contribution in [2.75, 3.05) is 0 Å². The van der Waals surface area contributed by atoms with Crippen molar-refractivity contribution in [1.29, 1.82) is 0 Å². The number of alkyl halides is 3. The van der Waals surface area contributed by atoms with Gasteiger partial charge in [-0.2, -0.15) is 0 Å². The van der Waals surface area contributed by atoms with Crippen LogP contribution < -0.4 is 9.47 Å². The van der Waals surface area contributed by atoms with E-state index in [1.807, 2.05) is 0 Å². The minimum Gasteiger partial charge on any atom is -0.426 e. The first-order valence-electron chi connectivity index (χ1n) is 12.5. The summed E-state index contributed by atoms with van der Waals surface area (Å²) >= 11 is 0. The second kappa shape index (κ2) is 10.7. The Balaban J connectivity index is 1.35. The molecule has 8 heteroatoms. The van der Waals surface area contributed by atoms with Crippen LogP contribution in [0.5, 0.6) is 11.5 Å². The van der Waals surface area contributed by atoms with Crippen LogP contribution in [0.15, 0.2) is 24.3 Å². The normalized spacial score (nSPS) is 25.4. The van der Waals surface area contributed by atoms with Crippen LogP contribution in [-0.2, 0) is 4.79 Å². The van der Waals surface area contributed by atoms with Gasteiger partial charge in [-0.3, -0.25) is 4.79 Å². The van der Waals surface area contributed by atoms with Crippen molar-refractivity contribution in [3.8, 4) is 11.5 Å². The van der Waals surface area contributed by atoms with Crippen LogP contribution in [0.25, 0.3) is 10.8 Å². The summed E-state index contributed by atoms with van der Waals surface area (Å²) in [7, 11) is 0. The quantitative estimate of drug-likeness (QED) is 0.228. The number of rotatable bonds is 6. The molecule has 2 saturated carbocycles.